The van der Waals surface area contributed by atoms with Gasteiger partial charge in [0.1, 0.15) is 6.29 Å². The lowest BCUT2D eigenvalue weighted by Gasteiger charge is -2.04. The largest absolute Gasteiger partial charge is 0.478 e. The topological polar surface area (TPSA) is 54.4 Å². The van der Waals surface area contributed by atoms with E-state index in [2.05, 4.69) is 0 Å². The molecule has 0 unspecified atom stereocenters. The molecule has 22 heavy (non-hydrogen) atoms. The second-order valence-electron chi connectivity index (χ2n) is 5.89. The molecule has 0 atom stereocenters. The van der Waals surface area contributed by atoms with Crippen LogP contribution in [0.3, 0.4) is 0 Å². The van der Waals surface area contributed by atoms with Crippen molar-refractivity contribution in [2.75, 3.05) is 0 Å². The first kappa shape index (κ1) is 18.4. The van der Waals surface area contributed by atoms with Crippen LogP contribution in [0.4, 0.5) is 0 Å². The van der Waals surface area contributed by atoms with E-state index in [-0.39, 0.29) is 0 Å². The normalized spacial score (nSPS) is 10.5. The highest BCUT2D eigenvalue weighted by atomic mass is 16.4. The Hall–Kier alpha value is -1.64. The van der Waals surface area contributed by atoms with Crippen molar-refractivity contribution in [3.05, 3.63) is 35.4 Å². The van der Waals surface area contributed by atoms with E-state index in [0.717, 1.165) is 31.1 Å². The third kappa shape index (κ3) is 8.60. The Morgan fingerprint density at radius 3 is 2.09 bits per heavy atom. The van der Waals surface area contributed by atoms with E-state index in [1.165, 1.54) is 44.9 Å². The van der Waals surface area contributed by atoms with E-state index in [1.54, 1.807) is 12.1 Å². The van der Waals surface area contributed by atoms with Crippen LogP contribution in [0, 0.1) is 0 Å². The summed E-state index contributed by atoms with van der Waals surface area (Å²) in [5.74, 6) is -0.852. The first-order chi connectivity index (χ1) is 10.7. The number of hydrogen-bond donors (Lipinski definition) is 1. The van der Waals surface area contributed by atoms with Gasteiger partial charge in [0, 0.05) is 6.42 Å². The van der Waals surface area contributed by atoms with E-state index in [1.807, 2.05) is 12.1 Å². The highest BCUT2D eigenvalue weighted by Crippen LogP contribution is 2.13. The molecule has 1 rings (SSSR count). The Bertz CT molecular complexity index is 440. The van der Waals surface area contributed by atoms with Crippen LogP contribution in [0.15, 0.2) is 24.3 Å². The molecule has 0 saturated carbocycles. The van der Waals surface area contributed by atoms with E-state index in [9.17, 15) is 9.59 Å². The average molecular weight is 304 g/mol. The van der Waals surface area contributed by atoms with Gasteiger partial charge in [-0.05, 0) is 37.0 Å². The third-order valence-electron chi connectivity index (χ3n) is 3.96. The number of aromatic carboxylic acids is 1. The van der Waals surface area contributed by atoms with Gasteiger partial charge in [-0.2, -0.15) is 0 Å². The zero-order valence-corrected chi connectivity index (χ0v) is 13.4. The van der Waals surface area contributed by atoms with Crippen LogP contribution in [0.2, 0.25) is 0 Å². The number of carboxylic acid groups (broad SMARTS) is 1. The lowest BCUT2D eigenvalue weighted by molar-refractivity contribution is -0.107. The molecule has 3 heteroatoms. The Kier molecular flexibility index (Phi) is 10.0. The monoisotopic (exact) mass is 304 g/mol. The van der Waals surface area contributed by atoms with Gasteiger partial charge in [0.15, 0.2) is 0 Å². The van der Waals surface area contributed by atoms with Crippen molar-refractivity contribution < 1.29 is 14.7 Å². The van der Waals surface area contributed by atoms with Crippen molar-refractivity contribution in [1.82, 2.24) is 0 Å². The van der Waals surface area contributed by atoms with Gasteiger partial charge >= 0.3 is 5.97 Å². The molecular weight excluding hydrogens is 276 g/mol. The molecule has 1 N–H and O–H groups in total. The maximum atomic E-state index is 10.9. The third-order valence-corrected chi connectivity index (χ3v) is 3.96. The summed E-state index contributed by atoms with van der Waals surface area (Å²) in [5, 5.41) is 8.95. The molecule has 0 bridgehead atoms. The Morgan fingerprint density at radius 1 is 0.909 bits per heavy atom. The van der Waals surface area contributed by atoms with Crippen LogP contribution in [0.1, 0.15) is 80.1 Å². The fourth-order valence-corrected chi connectivity index (χ4v) is 2.65. The van der Waals surface area contributed by atoms with Crippen molar-refractivity contribution in [3.8, 4) is 0 Å². The van der Waals surface area contributed by atoms with Crippen LogP contribution in [0.5, 0.6) is 0 Å². The predicted octanol–water partition coefficient (Wildman–Crippen LogP) is 5.03. The molecule has 1 aromatic rings. The molecular formula is C19H28O3. The molecule has 0 aliphatic rings. The Balaban J connectivity index is 1.98. The number of aldehydes is 1. The van der Waals surface area contributed by atoms with Crippen LogP contribution in [-0.2, 0) is 11.2 Å². The zero-order chi connectivity index (χ0) is 16.0. The molecule has 0 spiro atoms. The number of rotatable bonds is 13. The lowest BCUT2D eigenvalue weighted by Crippen LogP contribution is -1.97. The van der Waals surface area contributed by atoms with E-state index < -0.39 is 5.97 Å². The van der Waals surface area contributed by atoms with Gasteiger partial charge in [-0.1, -0.05) is 57.1 Å². The highest BCUT2D eigenvalue weighted by Gasteiger charge is 2.02. The van der Waals surface area contributed by atoms with E-state index in [4.69, 9.17) is 5.11 Å². The molecule has 0 saturated heterocycles. The number of unbranched alkanes of at least 4 members (excludes halogenated alkanes) is 9. The maximum absolute atomic E-state index is 10.9. The standard InChI is InChI=1S/C19H28O3/c20-15-10-8-6-4-2-1-3-5-7-9-12-17-13-11-14-18(16-17)19(21)22/h11,13-16H,1-10,12H2,(H,21,22). The number of carbonyl (C=O) groups is 2. The molecule has 122 valence electrons. The number of carbonyl (C=O) groups excluding carboxylic acids is 1. The second kappa shape index (κ2) is 12.0. The smallest absolute Gasteiger partial charge is 0.335 e. The number of carboxylic acids is 1. The van der Waals surface area contributed by atoms with Crippen LogP contribution in [-0.4, -0.2) is 17.4 Å². The SMILES string of the molecule is O=CCCCCCCCCCCCc1cccc(C(=O)O)c1. The molecule has 0 amide bonds. The van der Waals surface area contributed by atoms with Gasteiger partial charge in [-0.25, -0.2) is 4.79 Å². The van der Waals surface area contributed by atoms with Crippen LogP contribution < -0.4 is 0 Å². The Morgan fingerprint density at radius 2 is 1.50 bits per heavy atom. The molecule has 0 radical (unpaired) electrons. The van der Waals surface area contributed by atoms with Gasteiger partial charge in [-0.15, -0.1) is 0 Å². The van der Waals surface area contributed by atoms with Gasteiger partial charge in [-0.3, -0.25) is 0 Å². The van der Waals surface area contributed by atoms with Crippen molar-refractivity contribution in [2.24, 2.45) is 0 Å². The first-order valence-electron chi connectivity index (χ1n) is 8.50. The molecule has 0 fully saturated rings. The fraction of sp³-hybridized carbons (Fsp3) is 0.579. The lowest BCUT2D eigenvalue weighted by atomic mass is 10.0. The first-order valence-corrected chi connectivity index (χ1v) is 8.50. The molecule has 0 heterocycles. The van der Waals surface area contributed by atoms with Crippen LogP contribution in [0.25, 0.3) is 0 Å². The number of aryl methyl sites for hydroxylation is 1. The summed E-state index contributed by atoms with van der Waals surface area (Å²) in [6.07, 6.45) is 13.6. The summed E-state index contributed by atoms with van der Waals surface area (Å²) in [4.78, 5) is 21.1. The van der Waals surface area contributed by atoms with Gasteiger partial charge in [0.05, 0.1) is 5.56 Å². The molecule has 0 aromatic heterocycles. The minimum absolute atomic E-state index is 0.382. The van der Waals surface area contributed by atoms with Gasteiger partial charge in [0.25, 0.3) is 0 Å². The minimum Gasteiger partial charge on any atom is -0.478 e. The van der Waals surface area contributed by atoms with E-state index in [0.29, 0.717) is 12.0 Å². The summed E-state index contributed by atoms with van der Waals surface area (Å²) in [6, 6.07) is 7.25. The van der Waals surface area contributed by atoms with Gasteiger partial charge < -0.3 is 9.90 Å². The molecule has 3 nitrogen and oxygen atoms in total. The fourth-order valence-electron chi connectivity index (χ4n) is 2.65. The van der Waals surface area contributed by atoms with Crippen molar-refractivity contribution >= 4 is 12.3 Å². The summed E-state index contributed by atoms with van der Waals surface area (Å²) in [7, 11) is 0. The summed E-state index contributed by atoms with van der Waals surface area (Å²) in [5.41, 5.74) is 1.50. The quantitative estimate of drug-likeness (QED) is 0.411. The van der Waals surface area contributed by atoms with Crippen molar-refractivity contribution in [2.45, 2.75) is 70.6 Å². The number of hydrogen-bond acceptors (Lipinski definition) is 2. The zero-order valence-electron chi connectivity index (χ0n) is 13.4. The summed E-state index contributed by atoms with van der Waals surface area (Å²) < 4.78 is 0. The van der Waals surface area contributed by atoms with Crippen molar-refractivity contribution in [3.63, 3.8) is 0 Å². The average Bonchev–Trinajstić information content (AvgIpc) is 2.53. The van der Waals surface area contributed by atoms with Gasteiger partial charge in [0.2, 0.25) is 0 Å². The minimum atomic E-state index is -0.852. The summed E-state index contributed by atoms with van der Waals surface area (Å²) >= 11 is 0. The number of benzene rings is 1. The highest BCUT2D eigenvalue weighted by molar-refractivity contribution is 5.87. The second-order valence-corrected chi connectivity index (χ2v) is 5.89. The predicted molar refractivity (Wildman–Crippen MR) is 89.3 cm³/mol. The Labute approximate surface area is 133 Å². The molecule has 0 aliphatic heterocycles. The van der Waals surface area contributed by atoms with Crippen molar-refractivity contribution in [1.29, 1.82) is 0 Å². The molecule has 1 aromatic carbocycles. The summed E-state index contributed by atoms with van der Waals surface area (Å²) in [6.45, 7) is 0. The van der Waals surface area contributed by atoms with E-state index >= 15 is 0 Å². The molecule has 0 aliphatic carbocycles. The maximum Gasteiger partial charge on any atom is 0.335 e. The van der Waals surface area contributed by atoms with Crippen LogP contribution >= 0.6 is 0 Å².